The number of ether oxygens (including phenoxy) is 1. The van der Waals surface area contributed by atoms with E-state index in [4.69, 9.17) is 14.7 Å². The minimum Gasteiger partial charge on any atom is -0.439 e. The van der Waals surface area contributed by atoms with E-state index >= 15 is 0 Å². The van der Waals surface area contributed by atoms with Crippen molar-refractivity contribution in [1.82, 2.24) is 14.9 Å². The summed E-state index contributed by atoms with van der Waals surface area (Å²) in [5.74, 6) is 2.00. The average Bonchev–Trinajstić information content (AvgIpc) is 2.80. The molecule has 0 spiro atoms. The SMILES string of the molecule is Fc1cccc(CN2CCc3nc(N4CCCCC4)nc(Oc4ccccc4)c3C2)c1. The van der Waals surface area contributed by atoms with E-state index in [0.29, 0.717) is 19.0 Å². The monoisotopic (exact) mass is 418 g/mol. The lowest BCUT2D eigenvalue weighted by Gasteiger charge is -2.32. The highest BCUT2D eigenvalue weighted by molar-refractivity contribution is 5.43. The number of nitrogens with zero attached hydrogens (tertiary/aromatic N) is 4. The maximum absolute atomic E-state index is 13.6. The standard InChI is InChI=1S/C25H27FN4O/c26-20-9-7-8-19(16-20)17-29-15-12-23-22(18-29)24(31-21-10-3-1-4-11-21)28-25(27-23)30-13-5-2-6-14-30/h1,3-4,7-11,16H,2,5-6,12-15,17-18H2. The van der Waals surface area contributed by atoms with Gasteiger partial charge in [-0.05, 0) is 49.1 Å². The molecule has 1 aromatic heterocycles. The van der Waals surface area contributed by atoms with Crippen LogP contribution in [0.5, 0.6) is 11.6 Å². The van der Waals surface area contributed by atoms with Gasteiger partial charge in [0.15, 0.2) is 0 Å². The van der Waals surface area contributed by atoms with Crippen LogP contribution in [0, 0.1) is 5.82 Å². The smallest absolute Gasteiger partial charge is 0.228 e. The largest absolute Gasteiger partial charge is 0.439 e. The van der Waals surface area contributed by atoms with Gasteiger partial charge in [-0.1, -0.05) is 30.3 Å². The Labute approximate surface area is 182 Å². The molecule has 5 nitrogen and oxygen atoms in total. The average molecular weight is 419 g/mol. The fourth-order valence-corrected chi connectivity index (χ4v) is 4.38. The van der Waals surface area contributed by atoms with Gasteiger partial charge in [-0.25, -0.2) is 9.37 Å². The quantitative estimate of drug-likeness (QED) is 0.586. The third-order valence-electron chi connectivity index (χ3n) is 5.98. The number of para-hydroxylation sites is 1. The van der Waals surface area contributed by atoms with Crippen molar-refractivity contribution in [3.63, 3.8) is 0 Å². The first-order valence-corrected chi connectivity index (χ1v) is 11.1. The molecule has 3 heterocycles. The molecule has 0 unspecified atom stereocenters. The van der Waals surface area contributed by atoms with Gasteiger partial charge < -0.3 is 9.64 Å². The van der Waals surface area contributed by atoms with Gasteiger partial charge in [-0.3, -0.25) is 4.90 Å². The van der Waals surface area contributed by atoms with Gasteiger partial charge in [-0.2, -0.15) is 4.98 Å². The number of hydrogen-bond acceptors (Lipinski definition) is 5. The molecule has 31 heavy (non-hydrogen) atoms. The second-order valence-electron chi connectivity index (χ2n) is 8.31. The van der Waals surface area contributed by atoms with Crippen molar-refractivity contribution in [1.29, 1.82) is 0 Å². The van der Waals surface area contributed by atoms with Crippen LogP contribution in [-0.2, 0) is 19.5 Å². The molecule has 1 saturated heterocycles. The minimum atomic E-state index is -0.197. The Balaban J connectivity index is 1.44. The fourth-order valence-electron chi connectivity index (χ4n) is 4.38. The van der Waals surface area contributed by atoms with Crippen molar-refractivity contribution in [3.8, 4) is 11.6 Å². The third kappa shape index (κ3) is 4.69. The van der Waals surface area contributed by atoms with E-state index in [-0.39, 0.29) is 5.82 Å². The Bertz CT molecular complexity index is 1040. The maximum Gasteiger partial charge on any atom is 0.228 e. The molecule has 1 fully saturated rings. The van der Waals surface area contributed by atoms with Crippen LogP contribution in [0.3, 0.4) is 0 Å². The highest BCUT2D eigenvalue weighted by Gasteiger charge is 2.26. The predicted octanol–water partition coefficient (Wildman–Crippen LogP) is 4.96. The zero-order valence-corrected chi connectivity index (χ0v) is 17.6. The Kier molecular flexibility index (Phi) is 5.80. The molecule has 2 aliphatic rings. The van der Waals surface area contributed by atoms with Crippen LogP contribution in [0.25, 0.3) is 0 Å². The van der Waals surface area contributed by atoms with Crippen LogP contribution < -0.4 is 9.64 Å². The molecule has 0 atom stereocenters. The Morgan fingerprint density at radius 2 is 1.74 bits per heavy atom. The topological polar surface area (TPSA) is 41.5 Å². The van der Waals surface area contributed by atoms with Crippen LogP contribution in [0.15, 0.2) is 54.6 Å². The second-order valence-corrected chi connectivity index (χ2v) is 8.31. The van der Waals surface area contributed by atoms with Gasteiger partial charge in [0.05, 0.1) is 11.3 Å². The molecule has 0 bridgehead atoms. The number of aromatic nitrogens is 2. The second kappa shape index (κ2) is 9.02. The van der Waals surface area contributed by atoms with E-state index in [9.17, 15) is 4.39 Å². The fraction of sp³-hybridized carbons (Fsp3) is 0.360. The highest BCUT2D eigenvalue weighted by atomic mass is 19.1. The van der Waals surface area contributed by atoms with Gasteiger partial charge in [0.1, 0.15) is 11.6 Å². The first-order valence-electron chi connectivity index (χ1n) is 11.1. The Morgan fingerprint density at radius 3 is 2.55 bits per heavy atom. The molecule has 160 valence electrons. The summed E-state index contributed by atoms with van der Waals surface area (Å²) in [7, 11) is 0. The molecular weight excluding hydrogens is 391 g/mol. The zero-order valence-electron chi connectivity index (χ0n) is 17.6. The van der Waals surface area contributed by atoms with Crippen molar-refractivity contribution in [2.24, 2.45) is 0 Å². The molecule has 2 aromatic carbocycles. The van der Waals surface area contributed by atoms with Gasteiger partial charge >= 0.3 is 0 Å². The minimum absolute atomic E-state index is 0.197. The summed E-state index contributed by atoms with van der Waals surface area (Å²) in [5.41, 5.74) is 3.07. The number of hydrogen-bond donors (Lipinski definition) is 0. The third-order valence-corrected chi connectivity index (χ3v) is 5.98. The van der Waals surface area contributed by atoms with Gasteiger partial charge in [0.2, 0.25) is 11.8 Å². The van der Waals surface area contributed by atoms with Crippen molar-refractivity contribution in [2.75, 3.05) is 24.5 Å². The van der Waals surface area contributed by atoms with Gasteiger partial charge in [-0.15, -0.1) is 0 Å². The van der Waals surface area contributed by atoms with Gasteiger partial charge in [0, 0.05) is 39.1 Å². The molecule has 2 aliphatic heterocycles. The summed E-state index contributed by atoms with van der Waals surface area (Å²) >= 11 is 0. The van der Waals surface area contributed by atoms with Crippen molar-refractivity contribution in [2.45, 2.75) is 38.8 Å². The van der Waals surface area contributed by atoms with Crippen molar-refractivity contribution >= 4 is 5.95 Å². The Hall–Kier alpha value is -2.99. The van der Waals surface area contributed by atoms with Gasteiger partial charge in [0.25, 0.3) is 0 Å². The summed E-state index contributed by atoms with van der Waals surface area (Å²) in [6.07, 6.45) is 4.45. The van der Waals surface area contributed by atoms with E-state index in [0.717, 1.165) is 54.6 Å². The number of piperidine rings is 1. The zero-order chi connectivity index (χ0) is 21.0. The first kappa shape index (κ1) is 19.9. The van der Waals surface area contributed by atoms with Crippen molar-refractivity contribution in [3.05, 3.63) is 77.2 Å². The summed E-state index contributed by atoms with van der Waals surface area (Å²) < 4.78 is 19.9. The van der Waals surface area contributed by atoms with Crippen LogP contribution in [0.4, 0.5) is 10.3 Å². The molecular formula is C25H27FN4O. The van der Waals surface area contributed by atoms with Crippen molar-refractivity contribution < 1.29 is 9.13 Å². The van der Waals surface area contributed by atoms with E-state index in [1.165, 1.54) is 25.3 Å². The highest BCUT2D eigenvalue weighted by Crippen LogP contribution is 2.32. The lowest BCUT2D eigenvalue weighted by atomic mass is 10.1. The van der Waals surface area contributed by atoms with E-state index in [1.54, 1.807) is 12.1 Å². The summed E-state index contributed by atoms with van der Waals surface area (Å²) in [6.45, 7) is 4.25. The van der Waals surface area contributed by atoms with Crippen LogP contribution in [0.1, 0.15) is 36.1 Å². The molecule has 0 amide bonds. The molecule has 5 rings (SSSR count). The summed E-state index contributed by atoms with van der Waals surface area (Å²) in [5, 5.41) is 0. The van der Waals surface area contributed by atoms with E-state index in [1.807, 2.05) is 36.4 Å². The van der Waals surface area contributed by atoms with E-state index in [2.05, 4.69) is 9.80 Å². The summed E-state index contributed by atoms with van der Waals surface area (Å²) in [6, 6.07) is 16.6. The first-order chi connectivity index (χ1) is 15.2. The lowest BCUT2D eigenvalue weighted by Crippen LogP contribution is -2.34. The lowest BCUT2D eigenvalue weighted by molar-refractivity contribution is 0.238. The van der Waals surface area contributed by atoms with Crippen LogP contribution >= 0.6 is 0 Å². The molecule has 0 radical (unpaired) electrons. The Morgan fingerprint density at radius 1 is 0.903 bits per heavy atom. The number of fused-ring (bicyclic) bond motifs is 1. The number of benzene rings is 2. The molecule has 6 heteroatoms. The van der Waals surface area contributed by atoms with Crippen LogP contribution in [0.2, 0.25) is 0 Å². The predicted molar refractivity (Wildman–Crippen MR) is 119 cm³/mol. The molecule has 0 N–H and O–H groups in total. The maximum atomic E-state index is 13.6. The molecule has 0 saturated carbocycles. The molecule has 0 aliphatic carbocycles. The normalized spacial score (nSPS) is 16.7. The molecule has 3 aromatic rings. The summed E-state index contributed by atoms with van der Waals surface area (Å²) in [4.78, 5) is 14.4. The number of halogens is 1. The van der Waals surface area contributed by atoms with E-state index < -0.39 is 0 Å². The number of anilines is 1. The number of rotatable bonds is 5. The van der Waals surface area contributed by atoms with Crippen LogP contribution in [-0.4, -0.2) is 34.5 Å².